The second-order valence-corrected chi connectivity index (χ2v) is 6.98. The van der Waals surface area contributed by atoms with Crippen LogP contribution in [-0.4, -0.2) is 35.3 Å². The smallest absolute Gasteiger partial charge is 0.328 e. The van der Waals surface area contributed by atoms with Crippen molar-refractivity contribution in [3.63, 3.8) is 0 Å². The van der Waals surface area contributed by atoms with E-state index in [9.17, 15) is 4.79 Å². The number of aliphatic carboxylic acids is 1. The molecule has 0 saturated heterocycles. The molecule has 0 heterocycles. The average Bonchev–Trinajstić information content (AvgIpc) is 2.59. The molecule has 0 saturated carbocycles. The molecule has 0 aromatic rings. The standard InChI is InChI=1S/C20H39N3O3/c1-2-3-4-5-6-7-8-9-10-12-17(13-11-14-24)18(15-19(25)26)16-23-20(21)22/h15,17,24H,2-14,16H2,1H3,(H,25,26)(H4,21,22,23)/b18-15+/t17-/m0/s1. The number of carboxylic acids is 1. The molecule has 6 heteroatoms. The molecule has 0 bridgehead atoms. The van der Waals surface area contributed by atoms with E-state index in [1.807, 2.05) is 0 Å². The Morgan fingerprint density at radius 2 is 1.50 bits per heavy atom. The molecule has 6 N–H and O–H groups in total. The molecule has 152 valence electrons. The number of hydrogen-bond acceptors (Lipinski definition) is 3. The van der Waals surface area contributed by atoms with E-state index in [1.54, 1.807) is 0 Å². The van der Waals surface area contributed by atoms with Crippen LogP contribution in [0.15, 0.2) is 16.6 Å². The Morgan fingerprint density at radius 3 is 2.00 bits per heavy atom. The summed E-state index contributed by atoms with van der Waals surface area (Å²) in [5.41, 5.74) is 11.5. The summed E-state index contributed by atoms with van der Waals surface area (Å²) in [4.78, 5) is 15.1. The Balaban J connectivity index is 4.38. The summed E-state index contributed by atoms with van der Waals surface area (Å²) in [5.74, 6) is -0.914. The second-order valence-electron chi connectivity index (χ2n) is 6.98. The van der Waals surface area contributed by atoms with Crippen molar-refractivity contribution in [3.05, 3.63) is 11.6 Å². The number of aliphatic hydroxyl groups is 1. The zero-order valence-electron chi connectivity index (χ0n) is 16.5. The zero-order chi connectivity index (χ0) is 19.6. The van der Waals surface area contributed by atoms with Crippen LogP contribution in [0.25, 0.3) is 0 Å². The number of guanidine groups is 1. The summed E-state index contributed by atoms with van der Waals surface area (Å²) >= 11 is 0. The Bertz CT molecular complexity index is 419. The third kappa shape index (κ3) is 14.8. The van der Waals surface area contributed by atoms with Gasteiger partial charge in [0, 0.05) is 12.7 Å². The molecule has 0 aliphatic heterocycles. The minimum Gasteiger partial charge on any atom is -0.478 e. The van der Waals surface area contributed by atoms with E-state index in [-0.39, 0.29) is 25.0 Å². The van der Waals surface area contributed by atoms with Crippen molar-refractivity contribution in [1.29, 1.82) is 0 Å². The molecule has 0 amide bonds. The molecular weight excluding hydrogens is 330 g/mol. The van der Waals surface area contributed by atoms with Crippen molar-refractivity contribution in [2.45, 2.75) is 84.0 Å². The van der Waals surface area contributed by atoms with Crippen LogP contribution >= 0.6 is 0 Å². The fraction of sp³-hybridized carbons (Fsp3) is 0.800. The van der Waals surface area contributed by atoms with E-state index >= 15 is 0 Å². The summed E-state index contributed by atoms with van der Waals surface area (Å²) in [6.07, 6.45) is 14.9. The van der Waals surface area contributed by atoms with E-state index < -0.39 is 5.97 Å². The van der Waals surface area contributed by atoms with E-state index in [4.69, 9.17) is 21.7 Å². The van der Waals surface area contributed by atoms with Crippen molar-refractivity contribution in [1.82, 2.24) is 0 Å². The second kappa shape index (κ2) is 16.9. The van der Waals surface area contributed by atoms with Crippen LogP contribution in [0, 0.1) is 5.92 Å². The lowest BCUT2D eigenvalue weighted by Crippen LogP contribution is -2.24. The van der Waals surface area contributed by atoms with Gasteiger partial charge in [0.25, 0.3) is 0 Å². The molecule has 0 rings (SSSR count). The van der Waals surface area contributed by atoms with Crippen LogP contribution in [-0.2, 0) is 4.79 Å². The number of rotatable bonds is 17. The largest absolute Gasteiger partial charge is 0.478 e. The topological polar surface area (TPSA) is 122 Å². The van der Waals surface area contributed by atoms with Crippen LogP contribution in [0.5, 0.6) is 0 Å². The Morgan fingerprint density at radius 1 is 0.962 bits per heavy atom. The average molecular weight is 370 g/mol. The van der Waals surface area contributed by atoms with Gasteiger partial charge in [0.2, 0.25) is 0 Å². The van der Waals surface area contributed by atoms with Gasteiger partial charge in [0.15, 0.2) is 5.96 Å². The molecule has 0 aliphatic carbocycles. The van der Waals surface area contributed by atoms with Crippen LogP contribution in [0.4, 0.5) is 0 Å². The Kier molecular flexibility index (Phi) is 15.9. The Hall–Kier alpha value is -1.56. The maximum Gasteiger partial charge on any atom is 0.328 e. The fourth-order valence-electron chi connectivity index (χ4n) is 3.19. The van der Waals surface area contributed by atoms with Crippen LogP contribution < -0.4 is 11.5 Å². The third-order valence-corrected chi connectivity index (χ3v) is 4.64. The van der Waals surface area contributed by atoms with Crippen molar-refractivity contribution in [2.75, 3.05) is 13.2 Å². The van der Waals surface area contributed by atoms with Crippen molar-refractivity contribution in [2.24, 2.45) is 22.4 Å². The highest BCUT2D eigenvalue weighted by molar-refractivity contribution is 5.81. The highest BCUT2D eigenvalue weighted by Crippen LogP contribution is 2.25. The molecular formula is C20H39N3O3. The molecule has 0 fully saturated rings. The first-order valence-electron chi connectivity index (χ1n) is 10.1. The van der Waals surface area contributed by atoms with Gasteiger partial charge in [-0.05, 0) is 30.8 Å². The first-order valence-corrected chi connectivity index (χ1v) is 10.1. The number of hydrogen-bond donors (Lipinski definition) is 4. The monoisotopic (exact) mass is 369 g/mol. The van der Waals surface area contributed by atoms with Crippen molar-refractivity contribution >= 4 is 11.9 Å². The van der Waals surface area contributed by atoms with Gasteiger partial charge in [-0.2, -0.15) is 0 Å². The summed E-state index contributed by atoms with van der Waals surface area (Å²) < 4.78 is 0. The number of aliphatic hydroxyl groups excluding tert-OH is 1. The molecule has 0 aliphatic rings. The summed E-state index contributed by atoms with van der Waals surface area (Å²) in [5, 5.41) is 18.2. The molecule has 26 heavy (non-hydrogen) atoms. The molecule has 0 spiro atoms. The molecule has 0 aromatic carbocycles. The first-order chi connectivity index (χ1) is 12.5. The van der Waals surface area contributed by atoms with Gasteiger partial charge in [-0.25, -0.2) is 9.79 Å². The van der Waals surface area contributed by atoms with Gasteiger partial charge < -0.3 is 21.7 Å². The zero-order valence-corrected chi connectivity index (χ0v) is 16.5. The van der Waals surface area contributed by atoms with Gasteiger partial charge in [0.1, 0.15) is 0 Å². The first kappa shape index (κ1) is 24.4. The van der Waals surface area contributed by atoms with E-state index in [2.05, 4.69) is 11.9 Å². The lowest BCUT2D eigenvalue weighted by Gasteiger charge is -2.19. The molecule has 6 nitrogen and oxygen atoms in total. The number of carbonyl (C=O) groups is 1. The van der Waals surface area contributed by atoms with E-state index in [1.165, 1.54) is 51.0 Å². The predicted octanol–water partition coefficient (Wildman–Crippen LogP) is 3.58. The lowest BCUT2D eigenvalue weighted by atomic mass is 9.88. The summed E-state index contributed by atoms with van der Waals surface area (Å²) in [7, 11) is 0. The highest BCUT2D eigenvalue weighted by atomic mass is 16.4. The number of aliphatic imine (C=N–C) groups is 1. The van der Waals surface area contributed by atoms with Crippen LogP contribution in [0.3, 0.4) is 0 Å². The molecule has 0 radical (unpaired) electrons. The fourth-order valence-corrected chi connectivity index (χ4v) is 3.19. The Labute approximate surface area is 158 Å². The van der Waals surface area contributed by atoms with E-state index in [0.717, 1.165) is 31.3 Å². The van der Waals surface area contributed by atoms with Gasteiger partial charge in [-0.1, -0.05) is 64.7 Å². The predicted molar refractivity (Wildman–Crippen MR) is 108 cm³/mol. The maximum atomic E-state index is 11.1. The van der Waals surface area contributed by atoms with Crippen LogP contribution in [0.2, 0.25) is 0 Å². The molecule has 0 unspecified atom stereocenters. The SMILES string of the molecule is CCCCCCCCCCC[C@@H](CCCO)/C(=C/C(=O)O)CN=C(N)N. The minimum absolute atomic E-state index is 0.0368. The van der Waals surface area contributed by atoms with Crippen molar-refractivity contribution < 1.29 is 15.0 Å². The number of nitrogens with two attached hydrogens (primary N) is 2. The van der Waals surface area contributed by atoms with Crippen molar-refractivity contribution in [3.8, 4) is 0 Å². The lowest BCUT2D eigenvalue weighted by molar-refractivity contribution is -0.131. The number of nitrogens with zero attached hydrogens (tertiary/aromatic N) is 1. The molecule has 1 atom stereocenters. The minimum atomic E-state index is -0.980. The van der Waals surface area contributed by atoms with Gasteiger partial charge in [0.05, 0.1) is 6.54 Å². The highest BCUT2D eigenvalue weighted by Gasteiger charge is 2.15. The van der Waals surface area contributed by atoms with Gasteiger partial charge in [-0.3, -0.25) is 0 Å². The van der Waals surface area contributed by atoms with Gasteiger partial charge in [-0.15, -0.1) is 0 Å². The van der Waals surface area contributed by atoms with Crippen LogP contribution in [0.1, 0.15) is 84.0 Å². The summed E-state index contributed by atoms with van der Waals surface area (Å²) in [6, 6.07) is 0. The van der Waals surface area contributed by atoms with Gasteiger partial charge >= 0.3 is 5.97 Å². The van der Waals surface area contributed by atoms with E-state index in [0.29, 0.717) is 6.42 Å². The normalized spacial score (nSPS) is 12.8. The summed E-state index contributed by atoms with van der Waals surface area (Å²) in [6.45, 7) is 2.55. The third-order valence-electron chi connectivity index (χ3n) is 4.64. The molecule has 0 aromatic heterocycles. The number of carboxylic acid groups (broad SMARTS) is 1. The number of unbranched alkanes of at least 4 members (excludes halogenated alkanes) is 8. The maximum absolute atomic E-state index is 11.1. The quantitative estimate of drug-likeness (QED) is 0.135.